The number of hydrogen-bond donors (Lipinski definition) is 2. The van der Waals surface area contributed by atoms with Crippen molar-refractivity contribution in [2.75, 3.05) is 11.1 Å². The molecule has 0 aliphatic heterocycles. The van der Waals surface area contributed by atoms with E-state index in [1.54, 1.807) is 0 Å². The summed E-state index contributed by atoms with van der Waals surface area (Å²) in [5, 5.41) is 3.05. The minimum Gasteiger partial charge on any atom is -0.397 e. The molecule has 2 aromatic carbocycles. The van der Waals surface area contributed by atoms with Crippen LogP contribution in [0.4, 0.5) is 34.6 Å². The van der Waals surface area contributed by atoms with Crippen LogP contribution in [-0.4, -0.2) is 0 Å². The minimum atomic E-state index is -4.79. The van der Waals surface area contributed by atoms with Gasteiger partial charge in [0.25, 0.3) is 0 Å². The third-order valence-electron chi connectivity index (χ3n) is 2.64. The van der Waals surface area contributed by atoms with Crippen LogP contribution in [0.3, 0.4) is 0 Å². The average molecular weight is 339 g/mol. The van der Waals surface area contributed by atoms with E-state index in [1.807, 2.05) is 0 Å². The largest absolute Gasteiger partial charge is 0.419 e. The number of rotatable bonds is 2. The summed E-state index contributed by atoms with van der Waals surface area (Å²) in [5.41, 5.74) is 4.81. The molecule has 0 bridgehead atoms. The maximum absolute atomic E-state index is 13.2. The summed E-state index contributed by atoms with van der Waals surface area (Å²) in [5.74, 6) is -1.35. The van der Waals surface area contributed by atoms with E-state index < -0.39 is 17.6 Å². The molecule has 2 nitrogen and oxygen atoms in total. The maximum atomic E-state index is 13.2. The Morgan fingerprint density at radius 3 is 2.24 bits per heavy atom. The molecule has 8 heteroatoms. The first-order chi connectivity index (χ1) is 9.68. The van der Waals surface area contributed by atoms with Crippen LogP contribution in [0, 0.1) is 5.82 Å². The van der Waals surface area contributed by atoms with E-state index in [9.17, 15) is 17.6 Å². The van der Waals surface area contributed by atoms with Crippen LogP contribution in [0.25, 0.3) is 0 Å². The molecule has 0 saturated heterocycles. The van der Waals surface area contributed by atoms with Gasteiger partial charge in [0, 0.05) is 5.69 Å². The van der Waals surface area contributed by atoms with Gasteiger partial charge in [-0.1, -0.05) is 23.2 Å². The van der Waals surface area contributed by atoms with E-state index in [2.05, 4.69) is 5.32 Å². The SMILES string of the molecule is Nc1cc(Cl)c(Cl)cc1Nc1ccc(F)c(C(F)(F)F)c1. The predicted molar refractivity (Wildman–Crippen MR) is 75.6 cm³/mol. The highest BCUT2D eigenvalue weighted by Crippen LogP contribution is 2.36. The van der Waals surface area contributed by atoms with Gasteiger partial charge in [0.15, 0.2) is 0 Å². The molecule has 0 radical (unpaired) electrons. The van der Waals surface area contributed by atoms with Crippen molar-refractivity contribution in [1.29, 1.82) is 0 Å². The Morgan fingerprint density at radius 1 is 1.00 bits per heavy atom. The second kappa shape index (κ2) is 5.61. The van der Waals surface area contributed by atoms with Gasteiger partial charge in [-0.3, -0.25) is 0 Å². The van der Waals surface area contributed by atoms with Crippen LogP contribution in [0.15, 0.2) is 30.3 Å². The molecule has 2 rings (SSSR count). The summed E-state index contributed by atoms with van der Waals surface area (Å²) < 4.78 is 51.1. The van der Waals surface area contributed by atoms with Gasteiger partial charge < -0.3 is 11.1 Å². The Bertz CT molecular complexity index is 687. The van der Waals surface area contributed by atoms with Gasteiger partial charge in [0.05, 0.1) is 27.0 Å². The number of nitrogen functional groups attached to an aromatic ring is 1. The quantitative estimate of drug-likeness (QED) is 0.562. The second-order valence-corrected chi connectivity index (χ2v) is 4.99. The monoisotopic (exact) mass is 338 g/mol. The fourth-order valence-electron chi connectivity index (χ4n) is 1.65. The van der Waals surface area contributed by atoms with Crippen LogP contribution in [0.5, 0.6) is 0 Å². The fourth-order valence-corrected chi connectivity index (χ4v) is 1.98. The van der Waals surface area contributed by atoms with Crippen molar-refractivity contribution < 1.29 is 17.6 Å². The molecule has 0 aliphatic carbocycles. The van der Waals surface area contributed by atoms with E-state index in [-0.39, 0.29) is 27.1 Å². The first-order valence-corrected chi connectivity index (χ1v) is 6.32. The zero-order valence-electron chi connectivity index (χ0n) is 10.2. The van der Waals surface area contributed by atoms with Crippen molar-refractivity contribution >= 4 is 40.3 Å². The standard InChI is InChI=1S/C13H8Cl2F4N2/c14-8-4-11(20)12(5-9(8)15)21-6-1-2-10(16)7(3-6)13(17,18)19/h1-5,21H,20H2. The molecule has 0 unspecified atom stereocenters. The van der Waals surface area contributed by atoms with Gasteiger partial charge in [-0.2, -0.15) is 13.2 Å². The number of benzene rings is 2. The summed E-state index contributed by atoms with van der Waals surface area (Å²) in [7, 11) is 0. The third kappa shape index (κ3) is 3.51. The van der Waals surface area contributed by atoms with E-state index >= 15 is 0 Å². The van der Waals surface area contributed by atoms with Crippen LogP contribution in [0.1, 0.15) is 5.56 Å². The van der Waals surface area contributed by atoms with Crippen molar-refractivity contribution in [2.24, 2.45) is 0 Å². The number of alkyl halides is 3. The van der Waals surface area contributed by atoms with E-state index in [1.165, 1.54) is 12.1 Å². The molecule has 0 aromatic heterocycles. The van der Waals surface area contributed by atoms with E-state index in [0.717, 1.165) is 12.1 Å². The molecule has 0 heterocycles. The van der Waals surface area contributed by atoms with Crippen molar-refractivity contribution in [3.8, 4) is 0 Å². The highest BCUT2D eigenvalue weighted by molar-refractivity contribution is 6.42. The molecular weight excluding hydrogens is 331 g/mol. The Morgan fingerprint density at radius 2 is 1.62 bits per heavy atom. The summed E-state index contributed by atoms with van der Waals surface area (Å²) in [6.07, 6.45) is -4.79. The third-order valence-corrected chi connectivity index (χ3v) is 3.37. The Kier molecular flexibility index (Phi) is 4.20. The first-order valence-electron chi connectivity index (χ1n) is 5.57. The molecule has 2 aromatic rings. The van der Waals surface area contributed by atoms with Gasteiger partial charge in [0.1, 0.15) is 5.82 Å². The molecule has 0 aliphatic rings. The van der Waals surface area contributed by atoms with Gasteiger partial charge in [0.2, 0.25) is 0 Å². The molecule has 0 atom stereocenters. The second-order valence-electron chi connectivity index (χ2n) is 4.17. The van der Waals surface area contributed by atoms with Crippen LogP contribution in [-0.2, 0) is 6.18 Å². The molecule has 21 heavy (non-hydrogen) atoms. The highest BCUT2D eigenvalue weighted by Gasteiger charge is 2.34. The Balaban J connectivity index is 2.39. The topological polar surface area (TPSA) is 38.0 Å². The number of nitrogens with one attached hydrogen (secondary N) is 1. The average Bonchev–Trinajstić information content (AvgIpc) is 2.37. The van der Waals surface area contributed by atoms with E-state index in [4.69, 9.17) is 28.9 Å². The summed E-state index contributed by atoms with van der Waals surface area (Å²) in [4.78, 5) is 0. The molecule has 0 fully saturated rings. The lowest BCUT2D eigenvalue weighted by Crippen LogP contribution is -2.08. The first kappa shape index (κ1) is 15.7. The van der Waals surface area contributed by atoms with Crippen molar-refractivity contribution in [2.45, 2.75) is 6.18 Å². The Labute approximate surface area is 127 Å². The molecule has 3 N–H and O–H groups in total. The smallest absolute Gasteiger partial charge is 0.397 e. The number of hydrogen-bond acceptors (Lipinski definition) is 2. The number of halogens is 6. The fraction of sp³-hybridized carbons (Fsp3) is 0.0769. The minimum absolute atomic E-state index is 0.0221. The summed E-state index contributed by atoms with van der Waals surface area (Å²) >= 11 is 11.6. The molecule has 0 amide bonds. The van der Waals surface area contributed by atoms with Crippen molar-refractivity contribution in [1.82, 2.24) is 0 Å². The Hall–Kier alpha value is -1.66. The summed E-state index contributed by atoms with van der Waals surface area (Å²) in [6, 6.07) is 5.26. The maximum Gasteiger partial charge on any atom is 0.419 e. The zero-order valence-corrected chi connectivity index (χ0v) is 11.7. The lowest BCUT2D eigenvalue weighted by atomic mass is 10.1. The van der Waals surface area contributed by atoms with E-state index in [0.29, 0.717) is 6.07 Å². The zero-order chi connectivity index (χ0) is 15.8. The number of anilines is 3. The van der Waals surface area contributed by atoms with Crippen molar-refractivity contribution in [3.63, 3.8) is 0 Å². The van der Waals surface area contributed by atoms with Gasteiger partial charge in [-0.15, -0.1) is 0 Å². The van der Waals surface area contributed by atoms with Crippen LogP contribution in [0.2, 0.25) is 10.0 Å². The van der Waals surface area contributed by atoms with Crippen LogP contribution >= 0.6 is 23.2 Å². The normalized spacial score (nSPS) is 11.5. The van der Waals surface area contributed by atoms with Gasteiger partial charge in [-0.25, -0.2) is 4.39 Å². The van der Waals surface area contributed by atoms with Gasteiger partial charge >= 0.3 is 6.18 Å². The molecule has 112 valence electrons. The van der Waals surface area contributed by atoms with Gasteiger partial charge in [-0.05, 0) is 30.3 Å². The highest BCUT2D eigenvalue weighted by atomic mass is 35.5. The molecule has 0 saturated carbocycles. The van der Waals surface area contributed by atoms with Crippen molar-refractivity contribution in [3.05, 3.63) is 51.8 Å². The molecule has 0 spiro atoms. The molecular formula is C13H8Cl2F4N2. The predicted octanol–water partition coefficient (Wildman–Crippen LogP) is 5.48. The lowest BCUT2D eigenvalue weighted by molar-refractivity contribution is -0.139. The lowest BCUT2D eigenvalue weighted by Gasteiger charge is -2.13. The summed E-state index contributed by atoms with van der Waals surface area (Å²) in [6.45, 7) is 0. The van der Waals surface area contributed by atoms with Crippen LogP contribution < -0.4 is 11.1 Å². The number of nitrogens with two attached hydrogens (primary N) is 1.